The van der Waals surface area contributed by atoms with Gasteiger partial charge in [-0.15, -0.1) is 0 Å². The van der Waals surface area contributed by atoms with Crippen molar-refractivity contribution in [2.24, 2.45) is 0 Å². The Balaban J connectivity index is 2.17. The number of amides is 2. The molecule has 0 radical (unpaired) electrons. The maximum Gasteiger partial charge on any atom is 0.344 e. The van der Waals surface area contributed by atoms with E-state index in [1.165, 1.54) is 6.92 Å². The summed E-state index contributed by atoms with van der Waals surface area (Å²) >= 11 is 0. The predicted octanol–water partition coefficient (Wildman–Crippen LogP) is 2.47. The summed E-state index contributed by atoms with van der Waals surface area (Å²) in [5.41, 5.74) is 1.38. The smallest absolute Gasteiger partial charge is 0.344 e. The van der Waals surface area contributed by atoms with Crippen LogP contribution in [0.5, 0.6) is 0 Å². The number of cyclic esters (lactones) is 1. The molecule has 0 aromatic heterocycles. The topological polar surface area (TPSA) is 84.5 Å². The molecule has 0 fully saturated rings. The van der Waals surface area contributed by atoms with Crippen LogP contribution in [0.15, 0.2) is 35.4 Å². The average molecular weight is 330 g/mol. The molecule has 2 amide bonds. The fourth-order valence-corrected chi connectivity index (χ4v) is 2.52. The van der Waals surface area contributed by atoms with Crippen molar-refractivity contribution >= 4 is 23.5 Å². The highest BCUT2D eigenvalue weighted by molar-refractivity contribution is 6.18. The first-order chi connectivity index (χ1) is 11.1. The van der Waals surface area contributed by atoms with E-state index in [0.29, 0.717) is 11.3 Å². The minimum Gasteiger partial charge on any atom is -0.451 e. The number of benzene rings is 1. The summed E-state index contributed by atoms with van der Waals surface area (Å²) < 4.78 is 5.22. The van der Waals surface area contributed by atoms with Gasteiger partial charge in [0.25, 0.3) is 5.91 Å². The Morgan fingerprint density at radius 2 is 1.92 bits per heavy atom. The van der Waals surface area contributed by atoms with Crippen molar-refractivity contribution in [1.82, 2.24) is 5.32 Å². The van der Waals surface area contributed by atoms with Gasteiger partial charge in [0.2, 0.25) is 5.91 Å². The van der Waals surface area contributed by atoms with Gasteiger partial charge in [0.15, 0.2) is 0 Å². The highest BCUT2D eigenvalue weighted by Gasteiger charge is 2.41. The lowest BCUT2D eigenvalue weighted by Crippen LogP contribution is -2.30. The van der Waals surface area contributed by atoms with Crippen molar-refractivity contribution in [2.75, 3.05) is 5.32 Å². The lowest BCUT2D eigenvalue weighted by Gasteiger charge is -2.18. The lowest BCUT2D eigenvalue weighted by molar-refractivity contribution is -0.145. The number of esters is 1. The maximum atomic E-state index is 12.5. The maximum absolute atomic E-state index is 12.5. The van der Waals surface area contributed by atoms with Gasteiger partial charge in [0.1, 0.15) is 11.2 Å². The SMILES string of the molecule is CC(=O)Nc1cccc(C(C)NC(=O)C2=C(C)C(C)(C)OC2=O)c1. The van der Waals surface area contributed by atoms with Crippen molar-refractivity contribution in [3.63, 3.8) is 0 Å². The second-order valence-electron chi connectivity index (χ2n) is 6.40. The number of nitrogens with one attached hydrogen (secondary N) is 2. The third-order valence-electron chi connectivity index (χ3n) is 4.11. The quantitative estimate of drug-likeness (QED) is 0.656. The number of carbonyl (C=O) groups is 3. The van der Waals surface area contributed by atoms with Gasteiger partial charge in [-0.05, 0) is 51.0 Å². The first kappa shape index (κ1) is 17.7. The molecule has 1 aliphatic heterocycles. The summed E-state index contributed by atoms with van der Waals surface area (Å²) in [4.78, 5) is 35.5. The molecule has 6 nitrogen and oxygen atoms in total. The van der Waals surface area contributed by atoms with E-state index in [2.05, 4.69) is 10.6 Å². The number of hydrogen-bond donors (Lipinski definition) is 2. The van der Waals surface area contributed by atoms with Crippen LogP contribution in [0.4, 0.5) is 5.69 Å². The van der Waals surface area contributed by atoms with Gasteiger partial charge in [-0.3, -0.25) is 9.59 Å². The van der Waals surface area contributed by atoms with Crippen LogP contribution in [-0.2, 0) is 19.1 Å². The molecule has 1 aromatic rings. The predicted molar refractivity (Wildman–Crippen MR) is 90.2 cm³/mol. The van der Waals surface area contributed by atoms with Crippen LogP contribution in [0.1, 0.15) is 46.2 Å². The second kappa shape index (κ2) is 6.47. The van der Waals surface area contributed by atoms with Crippen LogP contribution >= 0.6 is 0 Å². The zero-order valence-electron chi connectivity index (χ0n) is 14.5. The molecule has 0 saturated carbocycles. The number of anilines is 1. The minimum atomic E-state index is -0.766. The Bertz CT molecular complexity index is 734. The summed E-state index contributed by atoms with van der Waals surface area (Å²) in [6, 6.07) is 6.85. The van der Waals surface area contributed by atoms with Gasteiger partial charge in [0.05, 0.1) is 6.04 Å². The molecule has 0 aliphatic carbocycles. The fourth-order valence-electron chi connectivity index (χ4n) is 2.52. The van der Waals surface area contributed by atoms with E-state index in [9.17, 15) is 14.4 Å². The zero-order valence-corrected chi connectivity index (χ0v) is 14.5. The van der Waals surface area contributed by atoms with Gasteiger partial charge in [0, 0.05) is 12.6 Å². The van der Waals surface area contributed by atoms with Crippen molar-refractivity contribution in [3.05, 3.63) is 41.0 Å². The molecule has 0 bridgehead atoms. The number of rotatable bonds is 4. The zero-order chi connectivity index (χ0) is 18.1. The molecule has 0 saturated heterocycles. The highest BCUT2D eigenvalue weighted by atomic mass is 16.6. The largest absolute Gasteiger partial charge is 0.451 e. The monoisotopic (exact) mass is 330 g/mol. The number of ether oxygens (including phenoxy) is 1. The van der Waals surface area contributed by atoms with E-state index in [1.54, 1.807) is 39.0 Å². The van der Waals surface area contributed by atoms with Crippen LogP contribution in [-0.4, -0.2) is 23.4 Å². The molecule has 1 atom stereocenters. The van der Waals surface area contributed by atoms with E-state index >= 15 is 0 Å². The first-order valence-corrected chi connectivity index (χ1v) is 7.75. The van der Waals surface area contributed by atoms with Crippen molar-refractivity contribution in [1.29, 1.82) is 0 Å². The first-order valence-electron chi connectivity index (χ1n) is 7.75. The normalized spacial score (nSPS) is 17.3. The molecule has 0 spiro atoms. The third kappa shape index (κ3) is 3.64. The summed E-state index contributed by atoms with van der Waals surface area (Å²) in [7, 11) is 0. The van der Waals surface area contributed by atoms with Crippen LogP contribution < -0.4 is 10.6 Å². The Morgan fingerprint density at radius 3 is 2.46 bits per heavy atom. The van der Waals surface area contributed by atoms with Gasteiger partial charge in [-0.25, -0.2) is 4.79 Å². The fraction of sp³-hybridized carbons (Fsp3) is 0.389. The van der Waals surface area contributed by atoms with E-state index < -0.39 is 17.5 Å². The highest BCUT2D eigenvalue weighted by Crippen LogP contribution is 2.32. The van der Waals surface area contributed by atoms with Gasteiger partial charge in [-0.2, -0.15) is 0 Å². The van der Waals surface area contributed by atoms with Gasteiger partial charge in [-0.1, -0.05) is 12.1 Å². The summed E-state index contributed by atoms with van der Waals surface area (Å²) in [6.07, 6.45) is 0. The number of hydrogen-bond acceptors (Lipinski definition) is 4. The van der Waals surface area contributed by atoms with E-state index in [0.717, 1.165) is 5.56 Å². The standard InChI is InChI=1S/C18H22N2O4/c1-10-15(17(23)24-18(10,4)5)16(22)19-11(2)13-7-6-8-14(9-13)20-12(3)21/h6-9,11H,1-5H3,(H,19,22)(H,20,21). The molecular weight excluding hydrogens is 308 g/mol. The molecule has 6 heteroatoms. The van der Waals surface area contributed by atoms with Gasteiger partial charge < -0.3 is 15.4 Å². The van der Waals surface area contributed by atoms with Crippen LogP contribution in [0, 0.1) is 0 Å². The van der Waals surface area contributed by atoms with Crippen LogP contribution in [0.25, 0.3) is 0 Å². The lowest BCUT2D eigenvalue weighted by atomic mass is 9.97. The molecule has 1 aromatic carbocycles. The second-order valence-corrected chi connectivity index (χ2v) is 6.40. The Hall–Kier alpha value is -2.63. The average Bonchev–Trinajstić information content (AvgIpc) is 2.66. The van der Waals surface area contributed by atoms with Crippen molar-refractivity contribution < 1.29 is 19.1 Å². The molecule has 1 unspecified atom stereocenters. The van der Waals surface area contributed by atoms with Crippen molar-refractivity contribution in [2.45, 2.75) is 46.3 Å². The van der Waals surface area contributed by atoms with Crippen molar-refractivity contribution in [3.8, 4) is 0 Å². The Labute approximate surface area is 141 Å². The van der Waals surface area contributed by atoms with Gasteiger partial charge >= 0.3 is 5.97 Å². The number of carbonyl (C=O) groups excluding carboxylic acids is 3. The summed E-state index contributed by atoms with van der Waals surface area (Å²) in [5.74, 6) is -1.23. The molecule has 24 heavy (non-hydrogen) atoms. The Kier molecular flexibility index (Phi) is 4.78. The minimum absolute atomic E-state index is 0.0601. The van der Waals surface area contributed by atoms with Crippen LogP contribution in [0.3, 0.4) is 0 Å². The van der Waals surface area contributed by atoms with E-state index in [4.69, 9.17) is 4.74 Å². The summed E-state index contributed by atoms with van der Waals surface area (Å²) in [6.45, 7) is 8.47. The third-order valence-corrected chi connectivity index (χ3v) is 4.11. The van der Waals surface area contributed by atoms with E-state index in [-0.39, 0.29) is 17.5 Å². The van der Waals surface area contributed by atoms with Crippen LogP contribution in [0.2, 0.25) is 0 Å². The van der Waals surface area contributed by atoms with E-state index in [1.807, 2.05) is 13.0 Å². The molecule has 128 valence electrons. The molecule has 1 aliphatic rings. The molecule has 1 heterocycles. The molecular formula is C18H22N2O4. The Morgan fingerprint density at radius 1 is 1.25 bits per heavy atom. The molecule has 2 N–H and O–H groups in total. The molecule has 2 rings (SSSR count). The summed E-state index contributed by atoms with van der Waals surface area (Å²) in [5, 5.41) is 5.51.